The van der Waals surface area contributed by atoms with E-state index in [-0.39, 0.29) is 13.2 Å². The molecular weight excluding hydrogens is 539 g/mol. The molecule has 0 heterocycles. The highest BCUT2D eigenvalue weighted by Crippen LogP contribution is 2.23. The molecule has 6 N–H and O–H groups in total. The minimum Gasteiger partial charge on any atom is -0.482 e. The number of para-hydroxylation sites is 2. The molecule has 0 unspecified atom stereocenters. The van der Waals surface area contributed by atoms with Crippen molar-refractivity contribution in [2.45, 2.75) is 0 Å². The summed E-state index contributed by atoms with van der Waals surface area (Å²) < 4.78 is 10.5. The number of hydrogen-bond acceptors (Lipinski definition) is 6. The van der Waals surface area contributed by atoms with Gasteiger partial charge in [-0.2, -0.15) is 0 Å². The van der Waals surface area contributed by atoms with Crippen molar-refractivity contribution in [3.8, 4) is 11.5 Å². The van der Waals surface area contributed by atoms with Crippen LogP contribution in [0.15, 0.2) is 72.8 Å². The predicted octanol–water partition coefficient (Wildman–Crippen LogP) is 3.46. The smallest absolute Gasteiger partial charge is 0.337 e. The number of ether oxygens (including phenoxy) is 2. The Morgan fingerprint density at radius 1 is 0.553 bits per heavy atom. The molecule has 0 atom stereocenters. The van der Waals surface area contributed by atoms with Gasteiger partial charge in [0.2, 0.25) is 0 Å². The zero-order valence-electron chi connectivity index (χ0n) is 19.5. The highest BCUT2D eigenvalue weighted by Gasteiger charge is 2.09. The summed E-state index contributed by atoms with van der Waals surface area (Å²) in [5.41, 5.74) is 9.49. The topological polar surface area (TPSA) is 159 Å². The molecule has 12 nitrogen and oxygen atoms in total. The average Bonchev–Trinajstić information content (AvgIpc) is 2.91. The van der Waals surface area contributed by atoms with Crippen LogP contribution in [0, 0.1) is 0 Å². The van der Waals surface area contributed by atoms with Crippen LogP contribution >= 0.6 is 23.2 Å². The molecule has 0 spiro atoms. The molecule has 0 aliphatic heterocycles. The van der Waals surface area contributed by atoms with Crippen LogP contribution < -0.4 is 41.8 Å². The molecule has 0 aliphatic carbocycles. The van der Waals surface area contributed by atoms with Crippen LogP contribution in [0.4, 0.5) is 21.0 Å². The van der Waals surface area contributed by atoms with Gasteiger partial charge in [0, 0.05) is 11.4 Å². The predicted molar refractivity (Wildman–Crippen MR) is 141 cm³/mol. The Morgan fingerprint density at radius 2 is 0.921 bits per heavy atom. The Morgan fingerprint density at radius 3 is 1.29 bits per heavy atom. The third-order valence-electron chi connectivity index (χ3n) is 4.42. The van der Waals surface area contributed by atoms with Crippen molar-refractivity contribution >= 4 is 58.5 Å². The molecule has 198 valence electrons. The molecule has 0 radical (unpaired) electrons. The van der Waals surface area contributed by atoms with Crippen molar-refractivity contribution in [1.29, 1.82) is 0 Å². The lowest BCUT2D eigenvalue weighted by Gasteiger charge is -2.12. The van der Waals surface area contributed by atoms with Crippen LogP contribution in [0.25, 0.3) is 0 Å². The van der Waals surface area contributed by atoms with E-state index < -0.39 is 23.9 Å². The van der Waals surface area contributed by atoms with Crippen LogP contribution in [0.5, 0.6) is 11.5 Å². The van der Waals surface area contributed by atoms with E-state index in [1.165, 1.54) is 24.3 Å². The lowest BCUT2D eigenvalue weighted by molar-refractivity contribution is -0.124. The standard InChI is InChI=1S/C24H22Cl2N6O6/c25-17-5-1-3-7-19(17)37-13-21(33)29-31-23(35)27-15-9-11-16(12-10-15)28-24(36)32-30-22(34)14-38-20-8-4-2-6-18(20)26/h1-12H,13-14H2,(H,29,33)(H,30,34)(H2,27,31,35)(H2,28,32,36). The molecule has 3 aromatic rings. The summed E-state index contributed by atoms with van der Waals surface area (Å²) in [4.78, 5) is 47.6. The molecule has 14 heteroatoms. The van der Waals surface area contributed by atoms with Crippen molar-refractivity contribution in [2.24, 2.45) is 0 Å². The molecule has 38 heavy (non-hydrogen) atoms. The first-order valence-corrected chi connectivity index (χ1v) is 11.6. The maximum Gasteiger partial charge on any atom is 0.337 e. The number of halogens is 2. The summed E-state index contributed by atoms with van der Waals surface area (Å²) in [6, 6.07) is 17.9. The molecule has 3 rings (SSSR count). The average molecular weight is 561 g/mol. The zero-order chi connectivity index (χ0) is 27.3. The first kappa shape index (κ1) is 27.9. The Labute approximate surface area is 226 Å². The molecular formula is C24H22Cl2N6O6. The lowest BCUT2D eigenvalue weighted by atomic mass is 10.3. The maximum absolute atomic E-state index is 12.0. The Bertz CT molecular complexity index is 1190. The van der Waals surface area contributed by atoms with Crippen LogP contribution in [-0.4, -0.2) is 37.1 Å². The Kier molecular flexibility index (Phi) is 10.4. The number of anilines is 2. The van der Waals surface area contributed by atoms with Crippen LogP contribution in [0.2, 0.25) is 10.0 Å². The fourth-order valence-electron chi connectivity index (χ4n) is 2.70. The number of hydrogen-bond donors (Lipinski definition) is 6. The Hall–Kier alpha value is -4.68. The van der Waals surface area contributed by atoms with Gasteiger partial charge < -0.3 is 20.1 Å². The fraction of sp³-hybridized carbons (Fsp3) is 0.0833. The van der Waals surface area contributed by atoms with Crippen LogP contribution in [-0.2, 0) is 9.59 Å². The van der Waals surface area contributed by atoms with E-state index in [9.17, 15) is 19.2 Å². The quantitative estimate of drug-likeness (QED) is 0.231. The number of urea groups is 2. The van der Waals surface area contributed by atoms with E-state index in [1.807, 2.05) is 0 Å². The van der Waals surface area contributed by atoms with E-state index >= 15 is 0 Å². The summed E-state index contributed by atoms with van der Waals surface area (Å²) in [6.45, 7) is -0.720. The normalized spacial score (nSPS) is 9.95. The molecule has 0 aliphatic rings. The second-order valence-corrected chi connectivity index (χ2v) is 8.08. The van der Waals surface area contributed by atoms with Crippen LogP contribution in [0.3, 0.4) is 0 Å². The summed E-state index contributed by atoms with van der Waals surface area (Å²) >= 11 is 11.9. The largest absolute Gasteiger partial charge is 0.482 e. The highest BCUT2D eigenvalue weighted by molar-refractivity contribution is 6.32. The molecule has 0 saturated heterocycles. The van der Waals surface area contributed by atoms with Crippen molar-refractivity contribution in [1.82, 2.24) is 21.7 Å². The van der Waals surface area contributed by atoms with Gasteiger partial charge in [-0.3, -0.25) is 20.4 Å². The van der Waals surface area contributed by atoms with E-state index in [1.54, 1.807) is 48.5 Å². The van der Waals surface area contributed by atoms with Gasteiger partial charge in [0.15, 0.2) is 13.2 Å². The number of carbonyl (C=O) groups is 4. The van der Waals surface area contributed by atoms with E-state index in [4.69, 9.17) is 32.7 Å². The molecule has 0 bridgehead atoms. The molecule has 3 aromatic carbocycles. The maximum atomic E-state index is 12.0. The lowest BCUT2D eigenvalue weighted by Crippen LogP contribution is -2.45. The van der Waals surface area contributed by atoms with Crippen molar-refractivity contribution in [3.05, 3.63) is 82.8 Å². The molecule has 0 aromatic heterocycles. The summed E-state index contributed by atoms with van der Waals surface area (Å²) in [6.07, 6.45) is 0. The third-order valence-corrected chi connectivity index (χ3v) is 5.05. The molecule has 6 amide bonds. The number of benzene rings is 3. The molecule has 0 saturated carbocycles. The van der Waals surface area contributed by atoms with E-state index in [0.717, 1.165) is 0 Å². The van der Waals surface area contributed by atoms with Crippen molar-refractivity contribution in [3.63, 3.8) is 0 Å². The van der Waals surface area contributed by atoms with Crippen molar-refractivity contribution in [2.75, 3.05) is 23.8 Å². The summed E-state index contributed by atoms with van der Waals surface area (Å²) in [5.74, 6) is -0.539. The van der Waals surface area contributed by atoms with Gasteiger partial charge in [0.05, 0.1) is 10.0 Å². The zero-order valence-corrected chi connectivity index (χ0v) is 21.1. The third kappa shape index (κ3) is 9.41. The summed E-state index contributed by atoms with van der Waals surface area (Å²) in [5, 5.41) is 5.70. The van der Waals surface area contributed by atoms with Crippen molar-refractivity contribution < 1.29 is 28.7 Å². The van der Waals surface area contributed by atoms with E-state index in [0.29, 0.717) is 32.9 Å². The van der Waals surface area contributed by atoms with Gasteiger partial charge in [-0.25, -0.2) is 20.4 Å². The van der Waals surface area contributed by atoms with Gasteiger partial charge in [-0.1, -0.05) is 47.5 Å². The molecule has 0 fully saturated rings. The van der Waals surface area contributed by atoms with Gasteiger partial charge in [0.25, 0.3) is 11.8 Å². The summed E-state index contributed by atoms with van der Waals surface area (Å²) in [7, 11) is 0. The number of hydrazine groups is 2. The van der Waals surface area contributed by atoms with Gasteiger partial charge >= 0.3 is 12.1 Å². The highest BCUT2D eigenvalue weighted by atomic mass is 35.5. The van der Waals surface area contributed by atoms with Gasteiger partial charge in [-0.05, 0) is 48.5 Å². The number of nitrogens with one attached hydrogen (secondary N) is 6. The van der Waals surface area contributed by atoms with Crippen LogP contribution in [0.1, 0.15) is 0 Å². The number of carbonyl (C=O) groups excluding carboxylic acids is 4. The first-order valence-electron chi connectivity index (χ1n) is 10.9. The monoisotopic (exact) mass is 560 g/mol. The van der Waals surface area contributed by atoms with Gasteiger partial charge in [0.1, 0.15) is 11.5 Å². The number of amides is 6. The minimum absolute atomic E-state index is 0.334. The second-order valence-electron chi connectivity index (χ2n) is 7.27. The minimum atomic E-state index is -0.712. The number of rotatable bonds is 8. The van der Waals surface area contributed by atoms with Gasteiger partial charge in [-0.15, -0.1) is 0 Å². The SMILES string of the molecule is O=C(COc1ccccc1Cl)NNC(=O)Nc1ccc(NC(=O)NNC(=O)COc2ccccc2Cl)cc1. The second kappa shape index (κ2) is 14.2. The Balaban J connectivity index is 1.33. The fourth-order valence-corrected chi connectivity index (χ4v) is 3.08. The van der Waals surface area contributed by atoms with E-state index in [2.05, 4.69) is 32.3 Å². The first-order chi connectivity index (χ1) is 18.3.